The maximum Gasteiger partial charge on any atom is 0.324 e. The highest BCUT2D eigenvalue weighted by atomic mass is 19.1. The minimum absolute atomic E-state index is 0.0128. The topological polar surface area (TPSA) is 92.8 Å². The number of aliphatic hydroxyl groups is 2. The molecule has 2 atom stereocenters. The number of hydrogen-bond acceptors (Lipinski definition) is 5. The van der Waals surface area contributed by atoms with Gasteiger partial charge in [0.2, 0.25) is 0 Å². The van der Waals surface area contributed by atoms with Crippen molar-refractivity contribution in [2.24, 2.45) is 5.90 Å². The zero-order valence-corrected chi connectivity index (χ0v) is 14.1. The molecular formula is C20H20FNO4. The predicted octanol–water partition coefficient (Wildman–Crippen LogP) is 1.60. The Labute approximate surface area is 151 Å². The van der Waals surface area contributed by atoms with E-state index in [1.165, 1.54) is 18.2 Å². The summed E-state index contributed by atoms with van der Waals surface area (Å²) in [7, 11) is 0. The lowest BCUT2D eigenvalue weighted by atomic mass is 10.2. The highest BCUT2D eigenvalue weighted by molar-refractivity contribution is 5.68. The van der Waals surface area contributed by atoms with E-state index < -0.39 is 18.2 Å². The van der Waals surface area contributed by atoms with Crippen LogP contribution in [0.2, 0.25) is 0 Å². The Morgan fingerprint density at radius 3 is 2.69 bits per heavy atom. The molecule has 0 radical (unpaired) electrons. The molecule has 1 aromatic rings. The van der Waals surface area contributed by atoms with Gasteiger partial charge in [0.25, 0.3) is 0 Å². The molecule has 5 nitrogen and oxygen atoms in total. The van der Waals surface area contributed by atoms with Gasteiger partial charge in [0.05, 0.1) is 12.5 Å². The van der Waals surface area contributed by atoms with Crippen LogP contribution in [-0.4, -0.2) is 28.4 Å². The highest BCUT2D eigenvalue weighted by Gasteiger charge is 2.05. The third-order valence-corrected chi connectivity index (χ3v) is 3.02. The standard InChI is InChI=1S/C20H20FNO4/c21-17-12-10-16(11-13-17)6-5-9-18(23)7-3-1-2-4-8-19(24)14-15-20(25)26-22/h1-3,7,10-13,18-19,23-24H,9,14-15,22H2/b2-1+,7-3+/t18-,19+/m0/s1. The largest absolute Gasteiger partial charge is 0.388 e. The fourth-order valence-corrected chi connectivity index (χ4v) is 1.68. The number of nitrogens with two attached hydrogens (primary N) is 1. The van der Waals surface area contributed by atoms with Crippen molar-refractivity contribution in [1.29, 1.82) is 0 Å². The van der Waals surface area contributed by atoms with E-state index in [2.05, 4.69) is 34.4 Å². The lowest BCUT2D eigenvalue weighted by Crippen LogP contribution is -2.13. The van der Waals surface area contributed by atoms with Crippen molar-refractivity contribution in [3.63, 3.8) is 0 Å². The van der Waals surface area contributed by atoms with Crippen molar-refractivity contribution in [3.05, 3.63) is 60.0 Å². The van der Waals surface area contributed by atoms with Gasteiger partial charge in [-0.3, -0.25) is 4.79 Å². The first-order valence-electron chi connectivity index (χ1n) is 7.85. The van der Waals surface area contributed by atoms with Gasteiger partial charge >= 0.3 is 5.97 Å². The summed E-state index contributed by atoms with van der Waals surface area (Å²) in [6, 6.07) is 5.79. The number of rotatable bonds is 6. The molecule has 0 fully saturated rings. The van der Waals surface area contributed by atoms with Crippen LogP contribution in [0.3, 0.4) is 0 Å². The molecule has 0 heterocycles. The lowest BCUT2D eigenvalue weighted by molar-refractivity contribution is -0.144. The normalized spacial score (nSPS) is 12.8. The average Bonchev–Trinajstić information content (AvgIpc) is 2.64. The lowest BCUT2D eigenvalue weighted by Gasteiger charge is -2.00. The minimum Gasteiger partial charge on any atom is -0.388 e. The van der Waals surface area contributed by atoms with Crippen LogP contribution in [0.1, 0.15) is 24.8 Å². The smallest absolute Gasteiger partial charge is 0.324 e. The molecule has 0 saturated heterocycles. The summed E-state index contributed by atoms with van der Waals surface area (Å²) in [6.45, 7) is 0. The first-order valence-corrected chi connectivity index (χ1v) is 7.85. The van der Waals surface area contributed by atoms with Gasteiger partial charge in [-0.15, -0.1) is 0 Å². The Morgan fingerprint density at radius 2 is 2.00 bits per heavy atom. The van der Waals surface area contributed by atoms with Crippen LogP contribution in [0.15, 0.2) is 48.6 Å². The van der Waals surface area contributed by atoms with Crippen molar-refractivity contribution in [2.45, 2.75) is 31.5 Å². The second-order valence-corrected chi connectivity index (χ2v) is 5.16. The first kappa shape index (κ1) is 21.1. The molecule has 1 rings (SSSR count). The van der Waals surface area contributed by atoms with Crippen LogP contribution >= 0.6 is 0 Å². The van der Waals surface area contributed by atoms with Gasteiger partial charge in [0.1, 0.15) is 11.9 Å². The van der Waals surface area contributed by atoms with Crippen LogP contribution in [0.4, 0.5) is 4.39 Å². The first-order chi connectivity index (χ1) is 12.5. The van der Waals surface area contributed by atoms with Crippen LogP contribution in [0.5, 0.6) is 0 Å². The molecule has 1 aromatic carbocycles. The highest BCUT2D eigenvalue weighted by Crippen LogP contribution is 2.01. The Hall–Kier alpha value is -2.90. The van der Waals surface area contributed by atoms with Crippen LogP contribution in [-0.2, 0) is 9.63 Å². The number of carbonyl (C=O) groups is 1. The van der Waals surface area contributed by atoms with Gasteiger partial charge in [-0.05, 0) is 36.8 Å². The van der Waals surface area contributed by atoms with Crippen molar-refractivity contribution >= 4 is 5.97 Å². The van der Waals surface area contributed by atoms with E-state index in [0.29, 0.717) is 5.56 Å². The third kappa shape index (κ3) is 10.1. The molecule has 0 unspecified atom stereocenters. The zero-order valence-electron chi connectivity index (χ0n) is 14.1. The Bertz CT molecular complexity index is 748. The van der Waals surface area contributed by atoms with Crippen LogP contribution < -0.4 is 5.90 Å². The van der Waals surface area contributed by atoms with Crippen molar-refractivity contribution in [3.8, 4) is 23.7 Å². The summed E-state index contributed by atoms with van der Waals surface area (Å²) in [5, 5.41) is 19.2. The molecule has 4 N–H and O–H groups in total. The molecule has 0 aliphatic carbocycles. The van der Waals surface area contributed by atoms with Crippen molar-refractivity contribution in [2.75, 3.05) is 0 Å². The maximum atomic E-state index is 12.7. The molecule has 0 saturated carbocycles. The molecule has 0 aliphatic heterocycles. The van der Waals surface area contributed by atoms with Gasteiger partial charge < -0.3 is 15.1 Å². The summed E-state index contributed by atoms with van der Waals surface area (Å²) >= 11 is 0. The number of hydrogen-bond donors (Lipinski definition) is 3. The minimum atomic E-state index is -0.949. The second kappa shape index (κ2) is 12.5. The quantitative estimate of drug-likeness (QED) is 0.409. The number of aliphatic hydroxyl groups excluding tert-OH is 2. The van der Waals surface area contributed by atoms with Crippen molar-refractivity contribution < 1.29 is 24.2 Å². The molecular weight excluding hydrogens is 337 g/mol. The summed E-state index contributed by atoms with van der Waals surface area (Å²) < 4.78 is 12.7. The molecule has 6 heteroatoms. The van der Waals surface area contributed by atoms with Gasteiger partial charge in [-0.2, -0.15) is 5.90 Å². The van der Waals surface area contributed by atoms with E-state index in [1.54, 1.807) is 30.4 Å². The number of carbonyl (C=O) groups excluding carboxylic acids is 1. The maximum absolute atomic E-state index is 12.7. The third-order valence-electron chi connectivity index (χ3n) is 3.02. The summed E-state index contributed by atoms with van der Waals surface area (Å²) in [6.07, 6.45) is 4.93. The van der Waals surface area contributed by atoms with Gasteiger partial charge in [0, 0.05) is 12.0 Å². The summed E-state index contributed by atoms with van der Waals surface area (Å²) in [5.41, 5.74) is 0.677. The molecule has 0 aromatic heterocycles. The summed E-state index contributed by atoms with van der Waals surface area (Å²) in [5.74, 6) is 14.5. The molecule has 26 heavy (non-hydrogen) atoms. The van der Waals surface area contributed by atoms with E-state index in [-0.39, 0.29) is 25.1 Å². The summed E-state index contributed by atoms with van der Waals surface area (Å²) in [4.78, 5) is 14.8. The number of allylic oxidation sites excluding steroid dienone is 3. The predicted molar refractivity (Wildman–Crippen MR) is 95.5 cm³/mol. The molecule has 136 valence electrons. The van der Waals surface area contributed by atoms with Crippen LogP contribution in [0.25, 0.3) is 0 Å². The van der Waals surface area contributed by atoms with E-state index in [9.17, 15) is 19.4 Å². The van der Waals surface area contributed by atoms with Gasteiger partial charge in [0.15, 0.2) is 0 Å². The molecule has 0 bridgehead atoms. The van der Waals surface area contributed by atoms with Gasteiger partial charge in [-0.25, -0.2) is 4.39 Å². The van der Waals surface area contributed by atoms with Gasteiger partial charge in [-0.1, -0.05) is 41.9 Å². The second-order valence-electron chi connectivity index (χ2n) is 5.16. The molecule has 0 amide bonds. The van der Waals surface area contributed by atoms with E-state index in [4.69, 9.17) is 0 Å². The van der Waals surface area contributed by atoms with E-state index >= 15 is 0 Å². The Morgan fingerprint density at radius 1 is 1.27 bits per heavy atom. The fraction of sp³-hybridized carbons (Fsp3) is 0.250. The monoisotopic (exact) mass is 357 g/mol. The SMILES string of the molecule is NOC(=O)CC[C@H](O)C#C/C=C/C=C/[C@H](O)CC#Cc1ccc(F)cc1. The Balaban J connectivity index is 2.32. The molecule has 0 spiro atoms. The molecule has 0 aliphatic rings. The number of halogens is 1. The van der Waals surface area contributed by atoms with Crippen LogP contribution in [0, 0.1) is 29.5 Å². The number of benzene rings is 1. The fourth-order valence-electron chi connectivity index (χ4n) is 1.68. The van der Waals surface area contributed by atoms with Crippen molar-refractivity contribution in [1.82, 2.24) is 0 Å². The Kier molecular flexibility index (Phi) is 10.1. The van der Waals surface area contributed by atoms with E-state index in [1.807, 2.05) is 0 Å². The zero-order chi connectivity index (χ0) is 19.2. The average molecular weight is 357 g/mol. The van der Waals surface area contributed by atoms with E-state index in [0.717, 1.165) is 0 Å².